The third kappa shape index (κ3) is 31.4. The second kappa shape index (κ2) is 38.9. The van der Waals surface area contributed by atoms with E-state index in [4.69, 9.17) is 14.2 Å². The summed E-state index contributed by atoms with van der Waals surface area (Å²) in [7, 11) is 0. The molecule has 0 amide bonds. The zero-order valence-electron chi connectivity index (χ0n) is 37.7. The van der Waals surface area contributed by atoms with Gasteiger partial charge in [-0.15, -0.1) is 0 Å². The van der Waals surface area contributed by atoms with Crippen molar-refractivity contribution in [3.05, 3.63) is 0 Å². The lowest BCUT2D eigenvalue weighted by atomic mass is 9.90. The molecule has 0 N–H and O–H groups in total. The Hall–Kier alpha value is -1.63. The van der Waals surface area contributed by atoms with Crippen molar-refractivity contribution in [2.24, 2.45) is 17.8 Å². The van der Waals surface area contributed by atoms with Gasteiger partial charge in [0.25, 0.3) is 0 Å². The molecule has 56 heavy (non-hydrogen) atoms. The number of hydrogen-bond donors (Lipinski definition) is 0. The molecule has 1 aliphatic rings. The Morgan fingerprint density at radius 2 is 0.911 bits per heavy atom. The molecule has 7 nitrogen and oxygen atoms in total. The number of carbonyl (C=O) groups is 3. The maximum atomic E-state index is 13.1. The SMILES string of the molecule is CCCCC1CCCCCCC(CCCC)CC(=O)OCCCCCCCCCCC(C(=O)OCCCN(CC)CC)CCCCCCCCCCOC(=O)C1. The van der Waals surface area contributed by atoms with Crippen LogP contribution >= 0.6 is 0 Å². The van der Waals surface area contributed by atoms with Gasteiger partial charge in [-0.2, -0.15) is 0 Å². The Labute approximate surface area is 347 Å². The Balaban J connectivity index is 2.63. The number of carbonyl (C=O) groups excluding carboxylic acids is 3. The molecule has 1 heterocycles. The Morgan fingerprint density at radius 1 is 0.536 bits per heavy atom. The summed E-state index contributed by atoms with van der Waals surface area (Å²) in [5.41, 5.74) is 0. The fraction of sp³-hybridized carbons (Fsp3) is 0.939. The number of esters is 3. The molecule has 1 saturated heterocycles. The van der Waals surface area contributed by atoms with Gasteiger partial charge in [0.15, 0.2) is 0 Å². The second-order valence-electron chi connectivity index (χ2n) is 17.3. The van der Waals surface area contributed by atoms with Gasteiger partial charge in [-0.1, -0.05) is 169 Å². The number of hydrogen-bond acceptors (Lipinski definition) is 7. The Bertz CT molecular complexity index is 851. The third-order valence-corrected chi connectivity index (χ3v) is 12.3. The lowest BCUT2D eigenvalue weighted by Crippen LogP contribution is -2.26. The van der Waals surface area contributed by atoms with Gasteiger partial charge in [-0.25, -0.2) is 0 Å². The van der Waals surface area contributed by atoms with Crippen molar-refractivity contribution in [3.63, 3.8) is 0 Å². The van der Waals surface area contributed by atoms with Crippen LogP contribution in [0.25, 0.3) is 0 Å². The Kier molecular flexibility index (Phi) is 36.4. The van der Waals surface area contributed by atoms with E-state index in [-0.39, 0.29) is 23.8 Å². The van der Waals surface area contributed by atoms with Crippen LogP contribution in [-0.2, 0) is 28.6 Å². The maximum absolute atomic E-state index is 13.1. The molecule has 0 aromatic rings. The summed E-state index contributed by atoms with van der Waals surface area (Å²) in [5, 5.41) is 0. The van der Waals surface area contributed by atoms with Gasteiger partial charge >= 0.3 is 17.9 Å². The first-order valence-corrected chi connectivity index (χ1v) is 24.6. The predicted octanol–water partition coefficient (Wildman–Crippen LogP) is 13.7. The fourth-order valence-electron chi connectivity index (χ4n) is 8.47. The van der Waals surface area contributed by atoms with Gasteiger partial charge in [0, 0.05) is 19.4 Å². The molecule has 0 saturated carbocycles. The van der Waals surface area contributed by atoms with Crippen molar-refractivity contribution in [1.29, 1.82) is 0 Å². The molecular weight excluding hydrogens is 699 g/mol. The molecule has 0 spiro atoms. The van der Waals surface area contributed by atoms with Crippen LogP contribution in [0.5, 0.6) is 0 Å². The standard InChI is InChI=1S/C49H93NO6/c1-5-9-32-44-34-25-21-22-26-35-45(33-10-6-2)43-48(52)55-40-30-24-18-14-12-16-20-28-37-46(49(53)56-41-31-38-50(7-3)8-4)36-27-19-15-11-13-17-23-29-39-54-47(51)42-44/h44-46H,5-43H2,1-4H3. The van der Waals surface area contributed by atoms with Crippen molar-refractivity contribution in [1.82, 2.24) is 4.90 Å². The Morgan fingerprint density at radius 3 is 1.30 bits per heavy atom. The molecule has 0 radical (unpaired) electrons. The van der Waals surface area contributed by atoms with Crippen LogP contribution in [0.15, 0.2) is 0 Å². The first-order chi connectivity index (χ1) is 27.4. The number of ether oxygens (including phenoxy) is 3. The second-order valence-corrected chi connectivity index (χ2v) is 17.3. The van der Waals surface area contributed by atoms with Crippen molar-refractivity contribution >= 4 is 17.9 Å². The predicted molar refractivity (Wildman–Crippen MR) is 235 cm³/mol. The molecule has 0 aromatic heterocycles. The minimum absolute atomic E-state index is 0.00806. The zero-order valence-corrected chi connectivity index (χ0v) is 37.7. The van der Waals surface area contributed by atoms with E-state index in [1.54, 1.807) is 0 Å². The van der Waals surface area contributed by atoms with Crippen molar-refractivity contribution in [2.45, 2.75) is 240 Å². The van der Waals surface area contributed by atoms with Crippen molar-refractivity contribution < 1.29 is 28.6 Å². The summed E-state index contributed by atoms with van der Waals surface area (Å²) in [6.45, 7) is 13.5. The van der Waals surface area contributed by atoms with Gasteiger partial charge in [-0.3, -0.25) is 14.4 Å². The molecule has 0 bridgehead atoms. The third-order valence-electron chi connectivity index (χ3n) is 12.3. The summed E-state index contributed by atoms with van der Waals surface area (Å²) in [4.78, 5) is 41.0. The molecule has 7 heteroatoms. The molecule has 0 aromatic carbocycles. The molecule has 1 aliphatic heterocycles. The van der Waals surface area contributed by atoms with E-state index in [0.29, 0.717) is 44.5 Å². The first kappa shape index (κ1) is 52.4. The van der Waals surface area contributed by atoms with Crippen LogP contribution in [0, 0.1) is 17.8 Å². The smallest absolute Gasteiger partial charge is 0.308 e. The van der Waals surface area contributed by atoms with Crippen LogP contribution in [0.3, 0.4) is 0 Å². The first-order valence-electron chi connectivity index (χ1n) is 24.6. The topological polar surface area (TPSA) is 82.1 Å². The number of rotatable bonds is 13. The van der Waals surface area contributed by atoms with E-state index in [9.17, 15) is 14.4 Å². The minimum Gasteiger partial charge on any atom is -0.466 e. The highest BCUT2D eigenvalue weighted by Gasteiger charge is 2.20. The van der Waals surface area contributed by atoms with Crippen LogP contribution in [0.2, 0.25) is 0 Å². The average Bonchev–Trinajstić information content (AvgIpc) is 3.19. The summed E-state index contributed by atoms with van der Waals surface area (Å²) in [6, 6.07) is 0. The van der Waals surface area contributed by atoms with E-state index in [0.717, 1.165) is 103 Å². The largest absolute Gasteiger partial charge is 0.466 e. The summed E-state index contributed by atoms with van der Waals surface area (Å²) < 4.78 is 17.2. The van der Waals surface area contributed by atoms with E-state index in [2.05, 4.69) is 32.6 Å². The van der Waals surface area contributed by atoms with Gasteiger partial charge in [0.05, 0.1) is 25.7 Å². The van der Waals surface area contributed by atoms with E-state index >= 15 is 0 Å². The lowest BCUT2D eigenvalue weighted by Gasteiger charge is -2.19. The number of unbranched alkanes of at least 4 members (excludes halogenated alkanes) is 2. The van der Waals surface area contributed by atoms with Crippen molar-refractivity contribution in [3.8, 4) is 0 Å². The highest BCUT2D eigenvalue weighted by Crippen LogP contribution is 2.25. The quantitative estimate of drug-likeness (QED) is 0.104. The molecule has 2 unspecified atom stereocenters. The van der Waals surface area contributed by atoms with E-state index < -0.39 is 0 Å². The molecule has 1 fully saturated rings. The maximum Gasteiger partial charge on any atom is 0.308 e. The van der Waals surface area contributed by atoms with Crippen molar-refractivity contribution in [2.75, 3.05) is 39.5 Å². The highest BCUT2D eigenvalue weighted by molar-refractivity contribution is 5.72. The van der Waals surface area contributed by atoms with Crippen LogP contribution in [0.1, 0.15) is 240 Å². The van der Waals surface area contributed by atoms with Crippen LogP contribution in [0.4, 0.5) is 0 Å². The number of nitrogens with zero attached hydrogens (tertiary/aromatic N) is 1. The van der Waals surface area contributed by atoms with Gasteiger partial charge in [0.2, 0.25) is 0 Å². The normalized spacial score (nSPS) is 23.3. The molecular formula is C49H93NO6. The van der Waals surface area contributed by atoms with Crippen LogP contribution < -0.4 is 0 Å². The van der Waals surface area contributed by atoms with E-state index in [1.807, 2.05) is 0 Å². The van der Waals surface area contributed by atoms with Gasteiger partial charge < -0.3 is 19.1 Å². The van der Waals surface area contributed by atoms with Gasteiger partial charge in [-0.05, 0) is 82.7 Å². The van der Waals surface area contributed by atoms with E-state index in [1.165, 1.54) is 116 Å². The molecule has 1 rings (SSSR count). The summed E-state index contributed by atoms with van der Waals surface area (Å²) in [5.74, 6) is 0.913. The summed E-state index contributed by atoms with van der Waals surface area (Å²) >= 11 is 0. The van der Waals surface area contributed by atoms with Gasteiger partial charge in [0.1, 0.15) is 0 Å². The monoisotopic (exact) mass is 792 g/mol. The molecule has 330 valence electrons. The lowest BCUT2D eigenvalue weighted by molar-refractivity contribution is -0.149. The zero-order chi connectivity index (χ0) is 40.7. The fourth-order valence-corrected chi connectivity index (χ4v) is 8.47. The average molecular weight is 792 g/mol. The molecule has 2 atom stereocenters. The van der Waals surface area contributed by atoms with Crippen LogP contribution in [-0.4, -0.2) is 62.3 Å². The summed E-state index contributed by atoms with van der Waals surface area (Å²) in [6.07, 6.45) is 36.4. The highest BCUT2D eigenvalue weighted by atomic mass is 16.5. The number of cyclic esters (lactones) is 2. The minimum atomic E-state index is -0.00806. The molecule has 0 aliphatic carbocycles.